The van der Waals surface area contributed by atoms with Gasteiger partial charge in [-0.3, -0.25) is 0 Å². The van der Waals surface area contributed by atoms with E-state index in [1.54, 1.807) is 24.3 Å². The molecule has 130 valence electrons. The zero-order valence-electron chi connectivity index (χ0n) is 14.1. The van der Waals surface area contributed by atoms with Crippen molar-refractivity contribution in [3.05, 3.63) is 71.8 Å². The molecule has 2 saturated heterocycles. The van der Waals surface area contributed by atoms with E-state index >= 15 is 0 Å². The number of carbonyl (C=O) groups excluding carboxylic acids is 1. The maximum absolute atomic E-state index is 13.1. The minimum Gasteiger partial charge on any atom is -0.460 e. The Bertz CT molecular complexity index is 680. The number of ether oxygens (including phenoxy) is 1. The molecule has 0 aliphatic carbocycles. The van der Waals surface area contributed by atoms with Gasteiger partial charge < -0.3 is 15.2 Å². The molecule has 2 heterocycles. The Labute approximate surface area is 147 Å². The van der Waals surface area contributed by atoms with Crippen molar-refractivity contribution in [2.45, 2.75) is 49.5 Å². The van der Waals surface area contributed by atoms with Crippen molar-refractivity contribution in [1.29, 1.82) is 0 Å². The predicted octanol–water partition coefficient (Wildman–Crippen LogP) is 2.75. The van der Waals surface area contributed by atoms with Crippen LogP contribution in [0.3, 0.4) is 0 Å². The van der Waals surface area contributed by atoms with Crippen molar-refractivity contribution in [2.75, 3.05) is 0 Å². The Balaban J connectivity index is 1.63. The summed E-state index contributed by atoms with van der Waals surface area (Å²) in [6.45, 7) is 0. The van der Waals surface area contributed by atoms with Crippen molar-refractivity contribution in [3.63, 3.8) is 0 Å². The summed E-state index contributed by atoms with van der Waals surface area (Å²) in [5, 5.41) is 15.0. The molecule has 2 unspecified atom stereocenters. The molecule has 4 nitrogen and oxygen atoms in total. The fourth-order valence-corrected chi connectivity index (χ4v) is 4.10. The summed E-state index contributed by atoms with van der Waals surface area (Å²) in [4.78, 5) is 13.1. The Morgan fingerprint density at radius 3 is 1.88 bits per heavy atom. The van der Waals surface area contributed by atoms with Crippen LogP contribution in [0.25, 0.3) is 0 Å². The van der Waals surface area contributed by atoms with Crippen molar-refractivity contribution in [1.82, 2.24) is 5.32 Å². The van der Waals surface area contributed by atoms with E-state index in [1.807, 2.05) is 36.4 Å². The Kier molecular flexibility index (Phi) is 4.32. The molecule has 4 rings (SSSR count). The van der Waals surface area contributed by atoms with Gasteiger partial charge in [0, 0.05) is 12.1 Å². The minimum absolute atomic E-state index is 0.134. The van der Waals surface area contributed by atoms with Gasteiger partial charge in [-0.15, -0.1) is 0 Å². The molecule has 2 aromatic carbocycles. The van der Waals surface area contributed by atoms with Crippen LogP contribution in [0, 0.1) is 0 Å². The van der Waals surface area contributed by atoms with Gasteiger partial charge in [-0.05, 0) is 36.8 Å². The lowest BCUT2D eigenvalue weighted by atomic mass is 9.86. The van der Waals surface area contributed by atoms with Crippen molar-refractivity contribution in [2.24, 2.45) is 0 Å². The number of rotatable bonds is 4. The van der Waals surface area contributed by atoms with E-state index in [-0.39, 0.29) is 6.10 Å². The molecule has 2 fully saturated rings. The van der Waals surface area contributed by atoms with Crippen LogP contribution in [0.2, 0.25) is 0 Å². The van der Waals surface area contributed by atoms with Gasteiger partial charge in [0.15, 0.2) is 0 Å². The van der Waals surface area contributed by atoms with Gasteiger partial charge in [0.05, 0.1) is 0 Å². The molecular formula is C21H23NO3. The number of esters is 1. The summed E-state index contributed by atoms with van der Waals surface area (Å²) in [7, 11) is 0. The monoisotopic (exact) mass is 337 g/mol. The van der Waals surface area contributed by atoms with Gasteiger partial charge >= 0.3 is 5.97 Å². The summed E-state index contributed by atoms with van der Waals surface area (Å²) in [6.07, 6.45) is 3.79. The normalized spacial score (nSPS) is 25.6. The molecule has 0 aromatic heterocycles. The molecule has 2 aliphatic heterocycles. The molecule has 0 spiro atoms. The van der Waals surface area contributed by atoms with Gasteiger partial charge in [0.1, 0.15) is 6.10 Å². The first-order valence-electron chi connectivity index (χ1n) is 8.97. The number of fused-ring (bicyclic) bond motifs is 2. The van der Waals surface area contributed by atoms with E-state index < -0.39 is 11.6 Å². The Morgan fingerprint density at radius 2 is 1.40 bits per heavy atom. The molecule has 0 amide bonds. The second-order valence-corrected chi connectivity index (χ2v) is 7.08. The first-order valence-corrected chi connectivity index (χ1v) is 8.97. The molecule has 4 heteroatoms. The standard InChI is InChI=1S/C21H23NO3/c23-20(25-19-13-17-11-12-18(14-19)22-17)21(24,15-7-3-1-4-8-15)16-9-5-2-6-10-16/h1-10,17-19,22,24H,11-14H2. The molecule has 2 N–H and O–H groups in total. The Morgan fingerprint density at radius 1 is 0.920 bits per heavy atom. The minimum atomic E-state index is -1.79. The number of benzene rings is 2. The Hall–Kier alpha value is -2.17. The molecule has 2 atom stereocenters. The molecule has 0 radical (unpaired) electrons. The zero-order valence-corrected chi connectivity index (χ0v) is 14.1. The number of aliphatic hydroxyl groups is 1. The van der Waals surface area contributed by atoms with E-state index in [4.69, 9.17) is 4.74 Å². The van der Waals surface area contributed by atoms with E-state index in [2.05, 4.69) is 5.32 Å². The summed E-state index contributed by atoms with van der Waals surface area (Å²) in [6, 6.07) is 18.9. The summed E-state index contributed by atoms with van der Waals surface area (Å²) < 4.78 is 5.82. The van der Waals surface area contributed by atoms with Crippen molar-refractivity contribution < 1.29 is 14.6 Å². The van der Waals surface area contributed by atoms with Crippen LogP contribution in [-0.4, -0.2) is 29.3 Å². The van der Waals surface area contributed by atoms with Crippen LogP contribution in [0.1, 0.15) is 36.8 Å². The average Bonchev–Trinajstić information content (AvgIpc) is 3.00. The fraction of sp³-hybridized carbons (Fsp3) is 0.381. The number of hydrogen-bond donors (Lipinski definition) is 2. The highest BCUT2D eigenvalue weighted by Crippen LogP contribution is 2.34. The highest BCUT2D eigenvalue weighted by Gasteiger charge is 2.44. The maximum atomic E-state index is 13.1. The number of hydrogen-bond acceptors (Lipinski definition) is 4. The third kappa shape index (κ3) is 3.08. The predicted molar refractivity (Wildman–Crippen MR) is 94.9 cm³/mol. The van der Waals surface area contributed by atoms with Gasteiger partial charge in [0.2, 0.25) is 5.60 Å². The highest BCUT2D eigenvalue weighted by atomic mass is 16.6. The van der Waals surface area contributed by atoms with Crippen LogP contribution < -0.4 is 5.32 Å². The molecule has 0 saturated carbocycles. The summed E-state index contributed by atoms with van der Waals surface area (Å²) >= 11 is 0. The number of piperidine rings is 1. The average molecular weight is 337 g/mol. The topological polar surface area (TPSA) is 58.6 Å². The van der Waals surface area contributed by atoms with Gasteiger partial charge in [-0.25, -0.2) is 4.79 Å². The SMILES string of the molecule is O=C(OC1CC2CCC(C1)N2)C(O)(c1ccccc1)c1ccccc1. The van der Waals surface area contributed by atoms with Crippen LogP contribution in [0.5, 0.6) is 0 Å². The lowest BCUT2D eigenvalue weighted by molar-refractivity contribution is -0.169. The van der Waals surface area contributed by atoms with Crippen molar-refractivity contribution in [3.8, 4) is 0 Å². The summed E-state index contributed by atoms with van der Waals surface area (Å²) in [5.41, 5.74) is -0.724. The molecule has 2 aliphatic rings. The first kappa shape index (κ1) is 16.3. The highest BCUT2D eigenvalue weighted by molar-refractivity contribution is 5.85. The van der Waals surface area contributed by atoms with Crippen LogP contribution >= 0.6 is 0 Å². The lowest BCUT2D eigenvalue weighted by Gasteiger charge is -2.33. The van der Waals surface area contributed by atoms with E-state index in [1.165, 1.54) is 0 Å². The van der Waals surface area contributed by atoms with Crippen molar-refractivity contribution >= 4 is 5.97 Å². The molecule has 2 bridgehead atoms. The molecule has 25 heavy (non-hydrogen) atoms. The molecular weight excluding hydrogens is 314 g/mol. The lowest BCUT2D eigenvalue weighted by Crippen LogP contribution is -2.46. The van der Waals surface area contributed by atoms with Crippen LogP contribution in [0.15, 0.2) is 60.7 Å². The van der Waals surface area contributed by atoms with E-state index in [0.717, 1.165) is 25.7 Å². The fourth-order valence-electron chi connectivity index (χ4n) is 4.10. The molecule has 2 aromatic rings. The number of nitrogens with one attached hydrogen (secondary N) is 1. The third-order valence-electron chi connectivity index (χ3n) is 5.38. The second-order valence-electron chi connectivity index (χ2n) is 7.08. The smallest absolute Gasteiger partial charge is 0.347 e. The number of carbonyl (C=O) groups is 1. The largest absolute Gasteiger partial charge is 0.460 e. The third-order valence-corrected chi connectivity index (χ3v) is 5.38. The van der Waals surface area contributed by atoms with Crippen LogP contribution in [-0.2, 0) is 15.1 Å². The van der Waals surface area contributed by atoms with E-state index in [9.17, 15) is 9.90 Å². The first-order chi connectivity index (χ1) is 12.2. The maximum Gasteiger partial charge on any atom is 0.347 e. The second kappa shape index (κ2) is 6.62. The quantitative estimate of drug-likeness (QED) is 0.843. The van der Waals surface area contributed by atoms with Gasteiger partial charge in [-0.1, -0.05) is 60.7 Å². The van der Waals surface area contributed by atoms with Gasteiger partial charge in [0.25, 0.3) is 0 Å². The van der Waals surface area contributed by atoms with Crippen LogP contribution in [0.4, 0.5) is 0 Å². The van der Waals surface area contributed by atoms with Gasteiger partial charge in [-0.2, -0.15) is 0 Å². The zero-order chi connectivity index (χ0) is 17.3. The summed E-state index contributed by atoms with van der Waals surface area (Å²) in [5.74, 6) is -0.587. The van der Waals surface area contributed by atoms with E-state index in [0.29, 0.717) is 23.2 Å².